The van der Waals surface area contributed by atoms with Crippen LogP contribution in [0, 0.1) is 5.82 Å². The van der Waals surface area contributed by atoms with Gasteiger partial charge >= 0.3 is 0 Å². The number of carbonyl (C=O) groups excluding carboxylic acids is 1. The predicted molar refractivity (Wildman–Crippen MR) is 104 cm³/mol. The highest BCUT2D eigenvalue weighted by Gasteiger charge is 2.11. The van der Waals surface area contributed by atoms with Gasteiger partial charge in [-0.15, -0.1) is 0 Å². The van der Waals surface area contributed by atoms with Gasteiger partial charge in [0.2, 0.25) is 0 Å². The monoisotopic (exact) mass is 364 g/mol. The van der Waals surface area contributed by atoms with Crippen LogP contribution in [0.2, 0.25) is 0 Å². The molecule has 1 heterocycles. The number of benzene rings is 2. The van der Waals surface area contributed by atoms with E-state index in [4.69, 9.17) is 4.74 Å². The lowest BCUT2D eigenvalue weighted by Crippen LogP contribution is -2.23. The molecule has 0 aliphatic heterocycles. The van der Waals surface area contributed by atoms with Crippen molar-refractivity contribution < 1.29 is 13.9 Å². The van der Waals surface area contributed by atoms with E-state index in [0.29, 0.717) is 24.2 Å². The number of ether oxygens (including phenoxy) is 1. The van der Waals surface area contributed by atoms with Crippen molar-refractivity contribution in [1.29, 1.82) is 0 Å². The molecule has 0 saturated heterocycles. The summed E-state index contributed by atoms with van der Waals surface area (Å²) in [6, 6.07) is 13.9. The maximum Gasteiger partial charge on any atom is 0.251 e. The fraction of sp³-hybridized carbons (Fsp3) is 0.182. The number of amides is 1. The molecule has 2 aromatic carbocycles. The first-order valence-electron chi connectivity index (χ1n) is 8.83. The maximum atomic E-state index is 14.5. The second-order valence-electron chi connectivity index (χ2n) is 6.03. The van der Waals surface area contributed by atoms with Gasteiger partial charge in [-0.1, -0.05) is 30.4 Å². The van der Waals surface area contributed by atoms with Gasteiger partial charge in [-0.3, -0.25) is 9.78 Å². The van der Waals surface area contributed by atoms with Gasteiger partial charge < -0.3 is 10.1 Å². The van der Waals surface area contributed by atoms with Crippen LogP contribution in [0.5, 0.6) is 5.75 Å². The summed E-state index contributed by atoms with van der Waals surface area (Å²) in [7, 11) is 0. The topological polar surface area (TPSA) is 51.2 Å². The summed E-state index contributed by atoms with van der Waals surface area (Å²) in [5, 5.41) is 3.64. The van der Waals surface area contributed by atoms with E-state index in [1.807, 2.05) is 31.2 Å². The molecule has 0 saturated carbocycles. The Bertz CT molecular complexity index is 969. The van der Waals surface area contributed by atoms with Crippen LogP contribution in [0.1, 0.15) is 29.3 Å². The number of carbonyl (C=O) groups is 1. The summed E-state index contributed by atoms with van der Waals surface area (Å²) in [5.41, 5.74) is 1.71. The summed E-state index contributed by atoms with van der Waals surface area (Å²) in [6.07, 6.45) is 6.31. The number of fused-ring (bicyclic) bond motifs is 1. The highest BCUT2D eigenvalue weighted by molar-refractivity contribution is 5.97. The number of hydrogen-bond acceptors (Lipinski definition) is 3. The van der Waals surface area contributed by atoms with Crippen LogP contribution in [-0.4, -0.2) is 17.5 Å². The van der Waals surface area contributed by atoms with Gasteiger partial charge in [-0.05, 0) is 43.7 Å². The SMILES string of the molecule is CC=CCCOc1cccc(CNC(=O)c2ccc3ncccc3c2)c1F. The molecule has 1 aromatic heterocycles. The van der Waals surface area contributed by atoms with Gasteiger partial charge in [0.15, 0.2) is 11.6 Å². The first-order valence-corrected chi connectivity index (χ1v) is 8.83. The lowest BCUT2D eigenvalue weighted by molar-refractivity contribution is 0.0950. The predicted octanol–water partition coefficient (Wildman–Crippen LogP) is 4.65. The Kier molecular flexibility index (Phi) is 6.15. The van der Waals surface area contributed by atoms with Crippen molar-refractivity contribution >= 4 is 16.8 Å². The Morgan fingerprint density at radius 3 is 2.96 bits per heavy atom. The average molecular weight is 364 g/mol. The number of allylic oxidation sites excluding steroid dienone is 1. The molecule has 3 rings (SSSR count). The number of nitrogens with zero attached hydrogens (tertiary/aromatic N) is 1. The van der Waals surface area contributed by atoms with Crippen LogP contribution in [0.4, 0.5) is 4.39 Å². The average Bonchev–Trinajstić information content (AvgIpc) is 2.70. The Morgan fingerprint density at radius 1 is 1.22 bits per heavy atom. The molecular formula is C22H21FN2O2. The van der Waals surface area contributed by atoms with Crippen molar-refractivity contribution in [3.05, 3.63) is 83.8 Å². The van der Waals surface area contributed by atoms with Gasteiger partial charge in [0.1, 0.15) is 0 Å². The third kappa shape index (κ3) is 4.70. The molecule has 0 aliphatic carbocycles. The molecule has 0 radical (unpaired) electrons. The number of nitrogens with one attached hydrogen (secondary N) is 1. The fourth-order valence-corrected chi connectivity index (χ4v) is 2.70. The van der Waals surface area contributed by atoms with Crippen molar-refractivity contribution in [2.45, 2.75) is 19.9 Å². The minimum absolute atomic E-state index is 0.0851. The molecule has 4 nitrogen and oxygen atoms in total. The van der Waals surface area contributed by atoms with Gasteiger partial charge in [-0.25, -0.2) is 4.39 Å². The van der Waals surface area contributed by atoms with Crippen molar-refractivity contribution in [2.75, 3.05) is 6.61 Å². The van der Waals surface area contributed by atoms with E-state index in [0.717, 1.165) is 10.9 Å². The summed E-state index contributed by atoms with van der Waals surface area (Å²) in [5.74, 6) is -0.511. The molecule has 1 amide bonds. The Morgan fingerprint density at radius 2 is 2.11 bits per heavy atom. The normalized spacial score (nSPS) is 11.0. The second-order valence-corrected chi connectivity index (χ2v) is 6.03. The molecule has 0 fully saturated rings. The Hall–Kier alpha value is -3.21. The van der Waals surface area contributed by atoms with E-state index < -0.39 is 5.82 Å². The van der Waals surface area contributed by atoms with Crippen molar-refractivity contribution in [3.8, 4) is 5.75 Å². The zero-order valence-electron chi connectivity index (χ0n) is 15.1. The molecule has 138 valence electrons. The van der Waals surface area contributed by atoms with Gasteiger partial charge in [0, 0.05) is 29.3 Å². The van der Waals surface area contributed by atoms with E-state index in [1.165, 1.54) is 0 Å². The molecule has 3 aromatic rings. The number of pyridine rings is 1. The lowest BCUT2D eigenvalue weighted by atomic mass is 10.1. The number of rotatable bonds is 7. The van der Waals surface area contributed by atoms with Gasteiger partial charge in [0.25, 0.3) is 5.91 Å². The van der Waals surface area contributed by atoms with Crippen molar-refractivity contribution in [1.82, 2.24) is 10.3 Å². The quantitative estimate of drug-likeness (QED) is 0.490. The van der Waals surface area contributed by atoms with Gasteiger partial charge in [0.05, 0.1) is 12.1 Å². The molecule has 0 spiro atoms. The van der Waals surface area contributed by atoms with Crippen molar-refractivity contribution in [3.63, 3.8) is 0 Å². The van der Waals surface area contributed by atoms with E-state index in [9.17, 15) is 9.18 Å². The Balaban J connectivity index is 1.65. The molecule has 0 atom stereocenters. The van der Waals surface area contributed by atoms with Crippen LogP contribution in [0.3, 0.4) is 0 Å². The lowest BCUT2D eigenvalue weighted by Gasteiger charge is -2.11. The van der Waals surface area contributed by atoms with E-state index in [1.54, 1.807) is 42.6 Å². The molecule has 1 N–H and O–H groups in total. The third-order valence-corrected chi connectivity index (χ3v) is 4.13. The minimum Gasteiger partial charge on any atom is -0.490 e. The maximum absolute atomic E-state index is 14.5. The van der Waals surface area contributed by atoms with Crippen LogP contribution in [0.25, 0.3) is 10.9 Å². The third-order valence-electron chi connectivity index (χ3n) is 4.13. The first kappa shape index (κ1) is 18.6. The van der Waals surface area contributed by atoms with Gasteiger partial charge in [-0.2, -0.15) is 0 Å². The van der Waals surface area contributed by atoms with Crippen molar-refractivity contribution in [2.24, 2.45) is 0 Å². The molecule has 0 bridgehead atoms. The molecule has 0 unspecified atom stereocenters. The van der Waals surface area contributed by atoms with Crippen LogP contribution >= 0.6 is 0 Å². The fourth-order valence-electron chi connectivity index (χ4n) is 2.70. The highest BCUT2D eigenvalue weighted by atomic mass is 19.1. The zero-order valence-corrected chi connectivity index (χ0v) is 15.1. The van der Waals surface area contributed by atoms with Crippen LogP contribution < -0.4 is 10.1 Å². The van der Waals surface area contributed by atoms with Crippen LogP contribution in [-0.2, 0) is 6.54 Å². The van der Waals surface area contributed by atoms with E-state index >= 15 is 0 Å². The second kappa shape index (κ2) is 8.94. The molecule has 5 heteroatoms. The minimum atomic E-state index is -0.444. The largest absolute Gasteiger partial charge is 0.490 e. The first-order chi connectivity index (χ1) is 13.2. The number of hydrogen-bond donors (Lipinski definition) is 1. The van der Waals surface area contributed by atoms with Crippen LogP contribution in [0.15, 0.2) is 66.9 Å². The summed E-state index contributed by atoms with van der Waals surface area (Å²) < 4.78 is 20.0. The zero-order chi connectivity index (χ0) is 19.1. The standard InChI is InChI=1S/C22H21FN2O2/c1-2-3-4-13-27-20-9-5-7-18(21(20)23)15-25-22(26)17-10-11-19-16(14-17)8-6-12-24-19/h2-3,5-12,14H,4,13,15H2,1H3,(H,25,26). The van der Waals surface area contributed by atoms with E-state index in [-0.39, 0.29) is 18.2 Å². The van der Waals surface area contributed by atoms with E-state index in [2.05, 4.69) is 10.3 Å². The Labute approximate surface area is 157 Å². The smallest absolute Gasteiger partial charge is 0.251 e. The number of halogens is 1. The molecular weight excluding hydrogens is 343 g/mol. The number of aromatic nitrogens is 1. The molecule has 27 heavy (non-hydrogen) atoms. The molecule has 0 aliphatic rings. The summed E-state index contributed by atoms with van der Waals surface area (Å²) in [6.45, 7) is 2.42. The summed E-state index contributed by atoms with van der Waals surface area (Å²) >= 11 is 0. The highest BCUT2D eigenvalue weighted by Crippen LogP contribution is 2.21. The summed E-state index contributed by atoms with van der Waals surface area (Å²) in [4.78, 5) is 16.6.